The van der Waals surface area contributed by atoms with E-state index in [4.69, 9.17) is 66.1 Å². The van der Waals surface area contributed by atoms with Crippen molar-refractivity contribution in [1.82, 2.24) is 49.8 Å². The molecule has 23 heteroatoms. The van der Waals surface area contributed by atoms with Gasteiger partial charge in [0.15, 0.2) is 0 Å². The molecule has 2 atom stereocenters. The van der Waals surface area contributed by atoms with Crippen molar-refractivity contribution in [3.05, 3.63) is 170 Å². The van der Waals surface area contributed by atoms with Crippen LogP contribution in [-0.2, 0) is 42.7 Å². The van der Waals surface area contributed by atoms with Crippen molar-refractivity contribution < 1.29 is 38.7 Å². The van der Waals surface area contributed by atoms with Crippen LogP contribution in [0, 0.1) is 47.6 Å². The third kappa shape index (κ3) is 16.3. The average molecular weight is 1420 g/mol. The maximum atomic E-state index is 13.9. The van der Waals surface area contributed by atoms with Crippen LogP contribution in [0.5, 0.6) is 0 Å². The van der Waals surface area contributed by atoms with E-state index in [-0.39, 0.29) is 60.8 Å². The molecule has 2 N–H and O–H groups in total. The van der Waals surface area contributed by atoms with Crippen LogP contribution in [0.2, 0.25) is 20.1 Å². The summed E-state index contributed by atoms with van der Waals surface area (Å²) in [6, 6.07) is 21.7. The van der Waals surface area contributed by atoms with Crippen molar-refractivity contribution in [2.24, 2.45) is 5.92 Å². The first-order chi connectivity index (χ1) is 43.2. The molecule has 4 aromatic carbocycles. The predicted molar refractivity (Wildman–Crippen MR) is 358 cm³/mol. The molecule has 0 saturated carbocycles. The average Bonchev–Trinajstić information content (AvgIpc) is 1.38. The van der Waals surface area contributed by atoms with Gasteiger partial charge in [0.25, 0.3) is 0 Å². The molecule has 4 aliphatic heterocycles. The first kappa shape index (κ1) is 70.1. The Labute approximate surface area is 571 Å². The Morgan fingerprint density at radius 3 is 1.52 bits per heavy atom. The Kier molecular flexibility index (Phi) is 23.2. The Morgan fingerprint density at radius 2 is 1.08 bits per heavy atom. The Hall–Kier alpha value is -6.18. The van der Waals surface area contributed by atoms with Gasteiger partial charge in [-0.2, -0.15) is 10.5 Å². The van der Waals surface area contributed by atoms with Crippen molar-refractivity contribution in [3.63, 3.8) is 0 Å². The monoisotopic (exact) mass is 1420 g/mol. The molecule has 8 heterocycles. The minimum absolute atomic E-state index is 0. The van der Waals surface area contributed by atoms with E-state index in [0.29, 0.717) is 110 Å². The second kappa shape index (κ2) is 30.5. The number of nitrogens with one attached hydrogen (secondary N) is 2. The number of rotatable bonds is 14. The molecule has 0 radical (unpaired) electrons. The number of hydrogen-bond donors (Lipinski definition) is 2. The Morgan fingerprint density at radius 1 is 0.609 bits per heavy atom. The normalized spacial score (nSPS) is 17.1. The largest absolute Gasteiger partial charge is 0.381 e. The van der Waals surface area contributed by atoms with E-state index in [1.165, 1.54) is 42.2 Å². The van der Waals surface area contributed by atoms with Gasteiger partial charge in [-0.15, -0.1) is 10.2 Å². The molecular weight excluding hydrogens is 1340 g/mol. The summed E-state index contributed by atoms with van der Waals surface area (Å²) in [7, 11) is 0. The molecule has 8 aromatic rings. The van der Waals surface area contributed by atoms with Gasteiger partial charge in [0.2, 0.25) is 0 Å². The van der Waals surface area contributed by atoms with Crippen LogP contribution in [0.3, 0.4) is 0 Å². The molecule has 16 nitrogen and oxygen atoms in total. The molecule has 3 saturated heterocycles. The third-order valence-electron chi connectivity index (χ3n) is 18.1. The number of anilines is 4. The SMILES string of the molecule is CC(C)(C)N1CCC(n2cc([C@@H](Cc3cc(Cl)c4ncc(C#N)c(Nc5ccc(F)c(Cl)c5)c4c3)C3=CCOCC3)nn2)CC1.CC(C)(C)N1CCC(n2cc([C@@H](Cc3cc(Cl)c4ncc(C#N)c(Nc5ccc(F)c(Cl)c5)c4c3)C3CCOCC3)nn2)CC1.[CH3-].[Pd]. The molecule has 4 aliphatic rings. The van der Waals surface area contributed by atoms with Crippen molar-refractivity contribution in [3.8, 4) is 12.1 Å². The zero-order valence-electron chi connectivity index (χ0n) is 52.8. The summed E-state index contributed by atoms with van der Waals surface area (Å²) in [5, 5.41) is 47.5. The molecule has 92 heavy (non-hydrogen) atoms. The van der Waals surface area contributed by atoms with Gasteiger partial charge in [-0.25, -0.2) is 18.1 Å². The Balaban J connectivity index is 0.000000213. The maximum absolute atomic E-state index is 13.9. The van der Waals surface area contributed by atoms with Gasteiger partial charge in [0.1, 0.15) is 23.8 Å². The summed E-state index contributed by atoms with van der Waals surface area (Å²) in [6.07, 6.45) is 17.6. The van der Waals surface area contributed by atoms with Gasteiger partial charge in [0.05, 0.1) is 90.3 Å². The van der Waals surface area contributed by atoms with Crippen LogP contribution in [0.1, 0.15) is 144 Å². The van der Waals surface area contributed by atoms with E-state index in [1.807, 2.05) is 24.3 Å². The topological polar surface area (TPSA) is 184 Å². The molecule has 4 aromatic heterocycles. The zero-order chi connectivity index (χ0) is 63.4. The van der Waals surface area contributed by atoms with Gasteiger partial charge in [0, 0.05) is 130 Å². The van der Waals surface area contributed by atoms with Crippen molar-refractivity contribution in [2.45, 2.75) is 134 Å². The van der Waals surface area contributed by atoms with Gasteiger partial charge < -0.3 is 27.5 Å². The maximum Gasteiger partial charge on any atom is 0.141 e. The summed E-state index contributed by atoms with van der Waals surface area (Å²) in [4.78, 5) is 14.1. The summed E-state index contributed by atoms with van der Waals surface area (Å²) >= 11 is 25.8. The van der Waals surface area contributed by atoms with Crippen LogP contribution in [0.4, 0.5) is 31.5 Å². The predicted octanol–water partition coefficient (Wildman–Crippen LogP) is 16.5. The number of ether oxygens (including phenoxy) is 2. The third-order valence-corrected chi connectivity index (χ3v) is 19.3. The van der Waals surface area contributed by atoms with E-state index in [9.17, 15) is 19.3 Å². The van der Waals surface area contributed by atoms with Crippen LogP contribution in [0.25, 0.3) is 21.8 Å². The first-order valence-corrected chi connectivity index (χ1v) is 32.4. The molecule has 0 spiro atoms. The fraction of sp³-hybridized carbons (Fsp3) is 0.435. The molecule has 0 amide bonds. The number of fused-ring (bicyclic) bond motifs is 2. The second-order valence-electron chi connectivity index (χ2n) is 25.9. The molecule has 0 bridgehead atoms. The Bertz CT molecular complexity index is 4020. The van der Waals surface area contributed by atoms with Gasteiger partial charge >= 0.3 is 0 Å². The number of nitrogens with zero attached hydrogens (tertiary/aromatic N) is 12. The summed E-state index contributed by atoms with van der Waals surface area (Å²) in [5.74, 6) is -0.563. The molecule has 0 unspecified atom stereocenters. The van der Waals surface area contributed by atoms with Crippen LogP contribution in [0.15, 0.2) is 97.1 Å². The van der Waals surface area contributed by atoms with Crippen molar-refractivity contribution >= 4 is 91.0 Å². The smallest absolute Gasteiger partial charge is 0.141 e. The zero-order valence-corrected chi connectivity index (χ0v) is 57.4. The first-order valence-electron chi connectivity index (χ1n) is 30.9. The summed E-state index contributed by atoms with van der Waals surface area (Å²) in [6.45, 7) is 20.4. The second-order valence-corrected chi connectivity index (χ2v) is 27.5. The fourth-order valence-corrected chi connectivity index (χ4v) is 14.0. The fourth-order valence-electron chi connectivity index (χ4n) is 13.0. The van der Waals surface area contributed by atoms with Crippen molar-refractivity contribution in [2.75, 3.05) is 63.2 Å². The number of likely N-dealkylation sites (tertiary alicyclic amines) is 2. The van der Waals surface area contributed by atoms with Crippen LogP contribution in [-0.4, -0.2) is 113 Å². The molecular formula is C69H77Cl4F2N14O2Pd-. The van der Waals surface area contributed by atoms with Gasteiger partial charge in [-0.05, 0) is 177 Å². The summed E-state index contributed by atoms with van der Waals surface area (Å²) < 4.78 is 43.2. The standard InChI is InChI=1S/C34H38Cl2FN7O.C34H36Cl2FN7O.CH3.Pd/c2*1-34(2,3)43-10-6-25(7-11-43)44-20-31(41-42-44)26(22-8-12-45-13-9-22)14-21-15-27-32(40-24-4-5-30(37)28(35)17-24)23(18-38)19-39-33(27)29(36)16-21;;/h4-5,15-17,19-20,22,25-26H,6-14H2,1-3H3,(H,39,40);4-5,8,15-17,19-20,25-26H,6-7,9-14H2,1-3H3,(H,39,40);1H3;/q;;-1;/t2*26-;;/m00../s1. The van der Waals surface area contributed by atoms with Crippen molar-refractivity contribution in [1.29, 1.82) is 10.5 Å². The quantitative estimate of drug-likeness (QED) is 0.0595. The number of nitriles is 2. The van der Waals surface area contributed by atoms with Gasteiger partial charge in [-0.3, -0.25) is 19.8 Å². The molecule has 0 aliphatic carbocycles. The molecule has 3 fully saturated rings. The molecule has 12 rings (SSSR count). The number of piperidine rings is 2. The number of halogens is 6. The van der Waals surface area contributed by atoms with E-state index in [2.05, 4.69) is 122 Å². The minimum Gasteiger partial charge on any atom is -0.381 e. The van der Waals surface area contributed by atoms with E-state index < -0.39 is 11.6 Å². The van der Waals surface area contributed by atoms with E-state index in [0.717, 1.165) is 107 Å². The minimum atomic E-state index is -0.520. The number of benzene rings is 4. The van der Waals surface area contributed by atoms with E-state index in [1.54, 1.807) is 12.1 Å². The number of hydrogen-bond acceptors (Lipinski definition) is 14. The number of aromatic nitrogens is 8. The van der Waals surface area contributed by atoms with Crippen LogP contribution < -0.4 is 10.6 Å². The van der Waals surface area contributed by atoms with Crippen LogP contribution >= 0.6 is 46.4 Å². The number of pyridine rings is 2. The van der Waals surface area contributed by atoms with Gasteiger partial charge in [-0.1, -0.05) is 68.5 Å². The summed E-state index contributed by atoms with van der Waals surface area (Å²) in [5.41, 5.74) is 9.45. The van der Waals surface area contributed by atoms with E-state index >= 15 is 0 Å². The molecule has 488 valence electrons.